The Balaban J connectivity index is 2.00. The molecule has 0 aromatic heterocycles. The van der Waals surface area contributed by atoms with Gasteiger partial charge in [-0.25, -0.2) is 0 Å². The van der Waals surface area contributed by atoms with E-state index in [0.29, 0.717) is 12.1 Å². The molecular weight excluding hydrogens is 319 g/mol. The number of alkyl halides is 3. The van der Waals surface area contributed by atoms with Gasteiger partial charge >= 0.3 is 6.36 Å². The predicted octanol–water partition coefficient (Wildman–Crippen LogP) is 4.79. The van der Waals surface area contributed by atoms with Crippen LogP contribution in [0.2, 0.25) is 0 Å². The molecule has 2 aromatic carbocycles. The van der Waals surface area contributed by atoms with Crippen LogP contribution in [0.4, 0.5) is 18.9 Å². The largest absolute Gasteiger partial charge is 0.573 e. The van der Waals surface area contributed by atoms with E-state index in [1.54, 1.807) is 0 Å². The molecule has 3 nitrogen and oxygen atoms in total. The standard InChI is InChI=1S/C18H18F3NO2/c1-17(2,12-13-6-4-3-5-7-13)16(23)22-14-8-10-15(11-9-14)24-18(19,20)21/h3-11H,12H2,1-2H3,(H,22,23). The van der Waals surface area contributed by atoms with Crippen molar-refractivity contribution >= 4 is 11.6 Å². The van der Waals surface area contributed by atoms with Gasteiger partial charge in [0, 0.05) is 11.1 Å². The Bertz CT molecular complexity index is 680. The summed E-state index contributed by atoms with van der Waals surface area (Å²) in [6, 6.07) is 14.7. The molecule has 24 heavy (non-hydrogen) atoms. The summed E-state index contributed by atoms with van der Waals surface area (Å²) in [7, 11) is 0. The van der Waals surface area contributed by atoms with Gasteiger partial charge in [-0.2, -0.15) is 0 Å². The number of ether oxygens (including phenoxy) is 1. The summed E-state index contributed by atoms with van der Waals surface area (Å²) in [5.41, 5.74) is 0.782. The highest BCUT2D eigenvalue weighted by molar-refractivity contribution is 5.95. The van der Waals surface area contributed by atoms with Crippen LogP contribution < -0.4 is 10.1 Å². The third-order valence-corrected chi connectivity index (χ3v) is 3.45. The fourth-order valence-corrected chi connectivity index (χ4v) is 2.23. The van der Waals surface area contributed by atoms with Gasteiger partial charge in [0.1, 0.15) is 5.75 Å². The highest BCUT2D eigenvalue weighted by Crippen LogP contribution is 2.26. The molecule has 1 amide bonds. The third kappa shape index (κ3) is 5.30. The molecule has 2 aromatic rings. The Hall–Kier alpha value is -2.50. The monoisotopic (exact) mass is 337 g/mol. The first-order valence-corrected chi connectivity index (χ1v) is 7.37. The first-order valence-electron chi connectivity index (χ1n) is 7.37. The topological polar surface area (TPSA) is 38.3 Å². The molecular formula is C18H18F3NO2. The van der Waals surface area contributed by atoms with Crippen molar-refractivity contribution < 1.29 is 22.7 Å². The van der Waals surface area contributed by atoms with E-state index in [9.17, 15) is 18.0 Å². The average molecular weight is 337 g/mol. The number of rotatable bonds is 5. The molecule has 0 aliphatic carbocycles. The Morgan fingerprint density at radius 2 is 1.58 bits per heavy atom. The lowest BCUT2D eigenvalue weighted by Crippen LogP contribution is -2.32. The smallest absolute Gasteiger partial charge is 0.406 e. The zero-order chi connectivity index (χ0) is 17.8. The van der Waals surface area contributed by atoms with Gasteiger partial charge in [0.15, 0.2) is 0 Å². The lowest BCUT2D eigenvalue weighted by atomic mass is 9.84. The Labute approximate surface area is 138 Å². The van der Waals surface area contributed by atoms with Crippen LogP contribution in [0, 0.1) is 5.41 Å². The summed E-state index contributed by atoms with van der Waals surface area (Å²) in [5, 5.41) is 2.72. The van der Waals surface area contributed by atoms with Gasteiger partial charge in [0.05, 0.1) is 0 Å². The second kappa shape index (κ2) is 6.95. The molecule has 0 saturated heterocycles. The van der Waals surface area contributed by atoms with E-state index in [4.69, 9.17) is 0 Å². The van der Waals surface area contributed by atoms with Crippen LogP contribution in [0.25, 0.3) is 0 Å². The van der Waals surface area contributed by atoms with Crippen molar-refractivity contribution in [1.82, 2.24) is 0 Å². The molecule has 0 aliphatic heterocycles. The van der Waals surface area contributed by atoms with E-state index in [0.717, 1.165) is 17.7 Å². The minimum absolute atomic E-state index is 0.212. The third-order valence-electron chi connectivity index (χ3n) is 3.45. The number of amides is 1. The Morgan fingerprint density at radius 3 is 2.12 bits per heavy atom. The Kier molecular flexibility index (Phi) is 5.17. The summed E-state index contributed by atoms with van der Waals surface area (Å²) >= 11 is 0. The average Bonchev–Trinajstić information content (AvgIpc) is 2.48. The van der Waals surface area contributed by atoms with Crippen molar-refractivity contribution in [3.8, 4) is 5.75 Å². The quantitative estimate of drug-likeness (QED) is 0.852. The number of nitrogens with one attached hydrogen (secondary N) is 1. The van der Waals surface area contributed by atoms with E-state index in [1.165, 1.54) is 12.1 Å². The van der Waals surface area contributed by atoms with Crippen LogP contribution in [0.3, 0.4) is 0 Å². The van der Waals surface area contributed by atoms with E-state index in [-0.39, 0.29) is 11.7 Å². The molecule has 0 radical (unpaired) electrons. The SMILES string of the molecule is CC(C)(Cc1ccccc1)C(=O)Nc1ccc(OC(F)(F)F)cc1. The summed E-state index contributed by atoms with van der Waals surface area (Å²) in [6.45, 7) is 3.63. The molecule has 6 heteroatoms. The van der Waals surface area contributed by atoms with Gasteiger partial charge < -0.3 is 10.1 Å². The first kappa shape index (κ1) is 17.8. The van der Waals surface area contributed by atoms with Gasteiger partial charge in [0.25, 0.3) is 0 Å². The fourth-order valence-electron chi connectivity index (χ4n) is 2.23. The van der Waals surface area contributed by atoms with E-state index >= 15 is 0 Å². The van der Waals surface area contributed by atoms with Crippen LogP contribution in [-0.2, 0) is 11.2 Å². The van der Waals surface area contributed by atoms with Crippen LogP contribution in [0.15, 0.2) is 54.6 Å². The van der Waals surface area contributed by atoms with Crippen LogP contribution in [-0.4, -0.2) is 12.3 Å². The molecule has 0 fully saturated rings. The normalized spacial score (nSPS) is 11.9. The van der Waals surface area contributed by atoms with Crippen molar-refractivity contribution in [1.29, 1.82) is 0 Å². The summed E-state index contributed by atoms with van der Waals surface area (Å²) in [4.78, 5) is 12.4. The van der Waals surface area contributed by atoms with Crippen molar-refractivity contribution in [3.63, 3.8) is 0 Å². The predicted molar refractivity (Wildman–Crippen MR) is 85.7 cm³/mol. The highest BCUT2D eigenvalue weighted by Gasteiger charge is 2.31. The van der Waals surface area contributed by atoms with Gasteiger partial charge in [-0.3, -0.25) is 4.79 Å². The summed E-state index contributed by atoms with van der Waals surface area (Å²) < 4.78 is 40.2. The number of anilines is 1. The second-order valence-electron chi connectivity index (χ2n) is 6.07. The number of benzene rings is 2. The van der Waals surface area contributed by atoms with Crippen molar-refractivity contribution in [2.45, 2.75) is 26.6 Å². The number of carbonyl (C=O) groups is 1. The molecule has 2 rings (SSSR count). The minimum atomic E-state index is -4.73. The maximum Gasteiger partial charge on any atom is 0.573 e. The number of hydrogen-bond acceptors (Lipinski definition) is 2. The molecule has 0 unspecified atom stereocenters. The van der Waals surface area contributed by atoms with Gasteiger partial charge in [-0.05, 0) is 36.2 Å². The van der Waals surface area contributed by atoms with Crippen molar-refractivity contribution in [2.75, 3.05) is 5.32 Å². The van der Waals surface area contributed by atoms with E-state index < -0.39 is 11.8 Å². The molecule has 0 atom stereocenters. The lowest BCUT2D eigenvalue weighted by molar-refractivity contribution is -0.274. The first-order chi connectivity index (χ1) is 11.2. The van der Waals surface area contributed by atoms with E-state index in [2.05, 4.69) is 10.1 Å². The maximum atomic E-state index is 12.4. The van der Waals surface area contributed by atoms with Crippen LogP contribution in [0.5, 0.6) is 5.75 Å². The summed E-state index contributed by atoms with van der Waals surface area (Å²) in [5.74, 6) is -0.542. The van der Waals surface area contributed by atoms with E-state index in [1.807, 2.05) is 44.2 Å². The molecule has 0 spiro atoms. The maximum absolute atomic E-state index is 12.4. The number of carbonyl (C=O) groups excluding carboxylic acids is 1. The summed E-state index contributed by atoms with van der Waals surface area (Å²) in [6.07, 6.45) is -4.18. The Morgan fingerprint density at radius 1 is 1.00 bits per heavy atom. The van der Waals surface area contributed by atoms with Gasteiger partial charge in [-0.15, -0.1) is 13.2 Å². The zero-order valence-electron chi connectivity index (χ0n) is 13.4. The van der Waals surface area contributed by atoms with Crippen molar-refractivity contribution in [3.05, 3.63) is 60.2 Å². The second-order valence-corrected chi connectivity index (χ2v) is 6.07. The minimum Gasteiger partial charge on any atom is -0.406 e. The van der Waals surface area contributed by atoms with Crippen LogP contribution >= 0.6 is 0 Å². The molecule has 0 bridgehead atoms. The molecule has 0 aliphatic rings. The molecule has 0 saturated carbocycles. The zero-order valence-corrected chi connectivity index (χ0v) is 13.4. The highest BCUT2D eigenvalue weighted by atomic mass is 19.4. The number of halogens is 3. The van der Waals surface area contributed by atoms with Crippen LogP contribution in [0.1, 0.15) is 19.4 Å². The fraction of sp³-hybridized carbons (Fsp3) is 0.278. The van der Waals surface area contributed by atoms with Crippen molar-refractivity contribution in [2.24, 2.45) is 5.41 Å². The number of hydrogen-bond donors (Lipinski definition) is 1. The molecule has 128 valence electrons. The van der Waals surface area contributed by atoms with Gasteiger partial charge in [0.2, 0.25) is 5.91 Å². The van der Waals surface area contributed by atoms with Gasteiger partial charge in [-0.1, -0.05) is 44.2 Å². The molecule has 0 heterocycles. The lowest BCUT2D eigenvalue weighted by Gasteiger charge is -2.23. The molecule has 1 N–H and O–H groups in total.